The maximum absolute atomic E-state index is 9.74. The summed E-state index contributed by atoms with van der Waals surface area (Å²) in [5.41, 5.74) is 1.93. The molecule has 2 rings (SSSR count). The summed E-state index contributed by atoms with van der Waals surface area (Å²) in [4.78, 5) is 0. The Kier molecular flexibility index (Phi) is 5.39. The second-order valence-electron chi connectivity index (χ2n) is 4.48. The molecular weight excluding hydrogens is 316 g/mol. The number of rotatable bonds is 5. The van der Waals surface area contributed by atoms with Crippen molar-refractivity contribution in [2.24, 2.45) is 0 Å². The van der Waals surface area contributed by atoms with E-state index in [0.29, 0.717) is 12.4 Å². The molecule has 0 saturated carbocycles. The summed E-state index contributed by atoms with van der Waals surface area (Å²) in [5, 5.41) is 9.74. The van der Waals surface area contributed by atoms with Gasteiger partial charge in [0.15, 0.2) is 0 Å². The molecule has 3 heteroatoms. The quantitative estimate of drug-likeness (QED) is 0.867. The zero-order valence-corrected chi connectivity index (χ0v) is 12.9. The van der Waals surface area contributed by atoms with Gasteiger partial charge in [-0.2, -0.15) is 0 Å². The summed E-state index contributed by atoms with van der Waals surface area (Å²) in [6, 6.07) is 15.7. The van der Waals surface area contributed by atoms with Gasteiger partial charge in [-0.05, 0) is 36.8 Å². The van der Waals surface area contributed by atoms with Gasteiger partial charge in [0.1, 0.15) is 12.4 Å². The van der Waals surface area contributed by atoms with Gasteiger partial charge in [-0.25, -0.2) is 0 Å². The van der Waals surface area contributed by atoms with Crippen molar-refractivity contribution in [2.45, 2.75) is 13.0 Å². The van der Waals surface area contributed by atoms with Crippen LogP contribution in [0.25, 0.3) is 6.08 Å². The van der Waals surface area contributed by atoms with Gasteiger partial charge in [0.05, 0.1) is 6.10 Å². The number of hydrogen-bond donors (Lipinski definition) is 1. The number of benzene rings is 2. The predicted molar refractivity (Wildman–Crippen MR) is 85.7 cm³/mol. The molecule has 0 heterocycles. The Bertz CT molecular complexity index is 577. The molecule has 0 unspecified atom stereocenters. The molecule has 0 amide bonds. The van der Waals surface area contributed by atoms with Crippen molar-refractivity contribution in [3.05, 3.63) is 70.2 Å². The van der Waals surface area contributed by atoms with Gasteiger partial charge in [0.2, 0.25) is 0 Å². The molecule has 1 N–H and O–H groups in total. The van der Waals surface area contributed by atoms with E-state index in [1.54, 1.807) is 6.92 Å². The molecule has 0 aromatic heterocycles. The van der Waals surface area contributed by atoms with Gasteiger partial charge < -0.3 is 9.84 Å². The lowest BCUT2D eigenvalue weighted by Gasteiger charge is -2.12. The Morgan fingerprint density at radius 2 is 1.95 bits per heavy atom. The SMILES string of the molecule is C[C@H](O)c1cc(Br)ccc1OCC=Cc1ccccc1. The monoisotopic (exact) mass is 332 g/mol. The zero-order chi connectivity index (χ0) is 14.4. The predicted octanol–water partition coefficient (Wildman–Crippen LogP) is 4.59. The third-order valence-corrected chi connectivity index (χ3v) is 3.36. The number of hydrogen-bond acceptors (Lipinski definition) is 2. The van der Waals surface area contributed by atoms with Crippen LogP contribution in [0.4, 0.5) is 0 Å². The molecule has 0 radical (unpaired) electrons. The summed E-state index contributed by atoms with van der Waals surface area (Å²) in [7, 11) is 0. The van der Waals surface area contributed by atoms with E-state index in [4.69, 9.17) is 4.74 Å². The van der Waals surface area contributed by atoms with Gasteiger partial charge in [-0.15, -0.1) is 0 Å². The van der Waals surface area contributed by atoms with E-state index in [9.17, 15) is 5.11 Å². The molecule has 1 atom stereocenters. The summed E-state index contributed by atoms with van der Waals surface area (Å²) in [6.45, 7) is 2.20. The van der Waals surface area contributed by atoms with E-state index in [1.807, 2.05) is 60.7 Å². The maximum atomic E-state index is 9.74. The van der Waals surface area contributed by atoms with Crippen LogP contribution in [0, 0.1) is 0 Å². The molecule has 104 valence electrons. The van der Waals surface area contributed by atoms with E-state index in [2.05, 4.69) is 15.9 Å². The lowest BCUT2D eigenvalue weighted by atomic mass is 10.1. The molecule has 0 saturated heterocycles. The minimum Gasteiger partial charge on any atom is -0.489 e. The van der Waals surface area contributed by atoms with Crippen molar-refractivity contribution in [1.82, 2.24) is 0 Å². The summed E-state index contributed by atoms with van der Waals surface area (Å²) in [6.07, 6.45) is 3.42. The first-order valence-corrected chi connectivity index (χ1v) is 7.28. The fraction of sp³-hybridized carbons (Fsp3) is 0.176. The summed E-state index contributed by atoms with van der Waals surface area (Å²) in [5.74, 6) is 0.709. The molecule has 0 bridgehead atoms. The highest BCUT2D eigenvalue weighted by Crippen LogP contribution is 2.28. The third-order valence-electron chi connectivity index (χ3n) is 2.87. The topological polar surface area (TPSA) is 29.5 Å². The number of aliphatic hydroxyl groups excluding tert-OH is 1. The average Bonchev–Trinajstić information content (AvgIpc) is 2.45. The van der Waals surface area contributed by atoms with Gasteiger partial charge >= 0.3 is 0 Å². The Balaban J connectivity index is 1.99. The molecule has 0 aliphatic carbocycles. The Morgan fingerprint density at radius 3 is 2.65 bits per heavy atom. The second-order valence-corrected chi connectivity index (χ2v) is 5.40. The average molecular weight is 333 g/mol. The molecule has 0 spiro atoms. The minimum absolute atomic E-state index is 0.468. The first-order valence-electron chi connectivity index (χ1n) is 6.48. The van der Waals surface area contributed by atoms with Gasteiger partial charge in [-0.1, -0.05) is 52.3 Å². The molecule has 0 aliphatic rings. The molecule has 20 heavy (non-hydrogen) atoms. The van der Waals surface area contributed by atoms with Crippen molar-refractivity contribution in [2.75, 3.05) is 6.61 Å². The van der Waals surface area contributed by atoms with Crippen molar-refractivity contribution >= 4 is 22.0 Å². The van der Waals surface area contributed by atoms with Crippen LogP contribution in [0.5, 0.6) is 5.75 Å². The lowest BCUT2D eigenvalue weighted by Crippen LogP contribution is -2.00. The van der Waals surface area contributed by atoms with Crippen LogP contribution in [0.2, 0.25) is 0 Å². The summed E-state index contributed by atoms with van der Waals surface area (Å²) >= 11 is 3.40. The van der Waals surface area contributed by atoms with Crippen molar-refractivity contribution in [3.8, 4) is 5.75 Å². The van der Waals surface area contributed by atoms with Crippen LogP contribution in [0.3, 0.4) is 0 Å². The first kappa shape index (κ1) is 14.8. The van der Waals surface area contributed by atoms with E-state index in [0.717, 1.165) is 15.6 Å². The van der Waals surface area contributed by atoms with E-state index in [-0.39, 0.29) is 0 Å². The van der Waals surface area contributed by atoms with Crippen LogP contribution in [0.15, 0.2) is 59.1 Å². The molecule has 2 aromatic rings. The largest absolute Gasteiger partial charge is 0.489 e. The van der Waals surface area contributed by atoms with E-state index < -0.39 is 6.10 Å². The van der Waals surface area contributed by atoms with E-state index >= 15 is 0 Å². The molecule has 2 nitrogen and oxygen atoms in total. The molecule has 2 aromatic carbocycles. The van der Waals surface area contributed by atoms with Crippen LogP contribution in [-0.2, 0) is 0 Å². The van der Waals surface area contributed by atoms with E-state index in [1.165, 1.54) is 0 Å². The highest BCUT2D eigenvalue weighted by molar-refractivity contribution is 9.10. The van der Waals surface area contributed by atoms with Crippen molar-refractivity contribution < 1.29 is 9.84 Å². The van der Waals surface area contributed by atoms with Gasteiger partial charge in [-0.3, -0.25) is 0 Å². The Labute approximate surface area is 127 Å². The highest BCUT2D eigenvalue weighted by Gasteiger charge is 2.09. The normalized spacial score (nSPS) is 12.6. The summed E-state index contributed by atoms with van der Waals surface area (Å²) < 4.78 is 6.64. The smallest absolute Gasteiger partial charge is 0.125 e. The number of aliphatic hydroxyl groups is 1. The Hall–Kier alpha value is -1.58. The molecule has 0 fully saturated rings. The van der Waals surface area contributed by atoms with Crippen LogP contribution < -0.4 is 4.74 Å². The number of halogens is 1. The van der Waals surface area contributed by atoms with Crippen LogP contribution >= 0.6 is 15.9 Å². The highest BCUT2D eigenvalue weighted by atomic mass is 79.9. The fourth-order valence-corrected chi connectivity index (χ4v) is 2.24. The molecular formula is C17H17BrO2. The Morgan fingerprint density at radius 1 is 1.20 bits per heavy atom. The number of ether oxygens (including phenoxy) is 1. The van der Waals surface area contributed by atoms with Gasteiger partial charge in [0.25, 0.3) is 0 Å². The van der Waals surface area contributed by atoms with Crippen LogP contribution in [0.1, 0.15) is 24.2 Å². The van der Waals surface area contributed by atoms with Crippen LogP contribution in [-0.4, -0.2) is 11.7 Å². The minimum atomic E-state index is -0.555. The van der Waals surface area contributed by atoms with Crippen molar-refractivity contribution in [1.29, 1.82) is 0 Å². The maximum Gasteiger partial charge on any atom is 0.125 e. The molecule has 0 aliphatic heterocycles. The zero-order valence-electron chi connectivity index (χ0n) is 11.3. The fourth-order valence-electron chi connectivity index (χ4n) is 1.86. The van der Waals surface area contributed by atoms with Gasteiger partial charge in [0, 0.05) is 10.0 Å². The standard InChI is InChI=1S/C17H17BrO2/c1-13(19)16-12-15(18)9-10-17(16)20-11-5-8-14-6-3-2-4-7-14/h2-10,12-13,19H,11H2,1H3/t13-/m0/s1. The lowest BCUT2D eigenvalue weighted by molar-refractivity contribution is 0.193. The second kappa shape index (κ2) is 7.27. The van der Waals surface area contributed by atoms with Crippen molar-refractivity contribution in [3.63, 3.8) is 0 Å². The third kappa shape index (κ3) is 4.22. The first-order chi connectivity index (χ1) is 9.66.